The van der Waals surface area contributed by atoms with E-state index < -0.39 is 41.6 Å². The lowest BCUT2D eigenvalue weighted by molar-refractivity contribution is 0.231. The Balaban J connectivity index is 2.84. The summed E-state index contributed by atoms with van der Waals surface area (Å²) in [5.74, 6) is 0. The summed E-state index contributed by atoms with van der Waals surface area (Å²) in [4.78, 5) is 58.9. The zero-order valence-corrected chi connectivity index (χ0v) is 15.6. The first-order valence-electron chi connectivity index (χ1n) is 7.04. The monoisotopic (exact) mass is 411 g/mol. The standard InChI is InChI=1S/C9H24N3O9P3/c13-22(14,15)7-10-1-2-11(8-23(16,17)18)5-6-12(4-3-10)9-24(19,20)21/h1-9H2,(H2,13,14,15)(H2,16,17,18)(H2,19,20,21). The molecule has 0 aromatic heterocycles. The summed E-state index contributed by atoms with van der Waals surface area (Å²) < 4.78 is 33.5. The van der Waals surface area contributed by atoms with Gasteiger partial charge in [-0.25, -0.2) is 0 Å². The maximum atomic E-state index is 11.2. The zero-order valence-electron chi connectivity index (χ0n) is 13.0. The molecule has 0 atom stereocenters. The highest BCUT2D eigenvalue weighted by Gasteiger charge is 2.27. The lowest BCUT2D eigenvalue weighted by Crippen LogP contribution is -2.36. The fourth-order valence-electron chi connectivity index (χ4n) is 2.39. The molecule has 0 radical (unpaired) electrons. The van der Waals surface area contributed by atoms with Gasteiger partial charge in [-0.2, -0.15) is 0 Å². The van der Waals surface area contributed by atoms with Crippen molar-refractivity contribution < 1.29 is 43.1 Å². The molecule has 1 rings (SSSR count). The van der Waals surface area contributed by atoms with Gasteiger partial charge < -0.3 is 29.4 Å². The Morgan fingerprint density at radius 3 is 0.792 bits per heavy atom. The van der Waals surface area contributed by atoms with Crippen LogP contribution in [0.4, 0.5) is 0 Å². The van der Waals surface area contributed by atoms with Gasteiger partial charge in [0.05, 0.1) is 0 Å². The van der Waals surface area contributed by atoms with Crippen molar-refractivity contribution in [3.05, 3.63) is 0 Å². The van der Waals surface area contributed by atoms with Gasteiger partial charge in [-0.15, -0.1) is 0 Å². The topological polar surface area (TPSA) is 182 Å². The summed E-state index contributed by atoms with van der Waals surface area (Å²) in [6, 6.07) is 0. The third-order valence-corrected chi connectivity index (χ3v) is 5.66. The highest BCUT2D eigenvalue weighted by atomic mass is 31.2. The smallest absolute Gasteiger partial charge is 0.324 e. The van der Waals surface area contributed by atoms with Crippen LogP contribution < -0.4 is 0 Å². The first-order valence-corrected chi connectivity index (χ1v) is 12.4. The van der Waals surface area contributed by atoms with E-state index in [1.54, 1.807) is 0 Å². The first kappa shape index (κ1) is 22.4. The van der Waals surface area contributed by atoms with E-state index >= 15 is 0 Å². The quantitative estimate of drug-likeness (QED) is 0.273. The summed E-state index contributed by atoms with van der Waals surface area (Å²) in [6.45, 7) is 1.05. The van der Waals surface area contributed by atoms with E-state index in [1.165, 1.54) is 14.7 Å². The minimum Gasteiger partial charge on any atom is -0.324 e. The lowest BCUT2D eigenvalue weighted by atomic mass is 10.5. The van der Waals surface area contributed by atoms with Gasteiger partial charge in [-0.1, -0.05) is 0 Å². The van der Waals surface area contributed by atoms with Crippen LogP contribution >= 0.6 is 22.8 Å². The second kappa shape index (κ2) is 8.81. The van der Waals surface area contributed by atoms with Crippen LogP contribution in [-0.2, 0) is 13.7 Å². The number of nitrogens with zero attached hydrogens (tertiary/aromatic N) is 3. The Hall–Kier alpha value is 0.330. The molecule has 144 valence electrons. The summed E-state index contributed by atoms with van der Waals surface area (Å²) in [7, 11) is -13.0. The molecule has 1 aliphatic heterocycles. The van der Waals surface area contributed by atoms with E-state index in [0.717, 1.165) is 0 Å². The maximum Gasteiger partial charge on any atom is 0.339 e. The number of rotatable bonds is 6. The van der Waals surface area contributed by atoms with Crippen LogP contribution in [0.15, 0.2) is 0 Å². The minimum absolute atomic E-state index is 0.175. The molecule has 0 unspecified atom stereocenters. The normalized spacial score (nSPS) is 21.2. The molecule has 0 amide bonds. The van der Waals surface area contributed by atoms with Crippen molar-refractivity contribution in [3.8, 4) is 0 Å². The molecular formula is C9H24N3O9P3. The Kier molecular flexibility index (Phi) is 8.22. The van der Waals surface area contributed by atoms with Crippen molar-refractivity contribution in [2.45, 2.75) is 0 Å². The molecular weight excluding hydrogens is 387 g/mol. The molecule has 1 heterocycles. The third kappa shape index (κ3) is 11.0. The zero-order chi connectivity index (χ0) is 18.6. The summed E-state index contributed by atoms with van der Waals surface area (Å²) in [5.41, 5.74) is 0. The van der Waals surface area contributed by atoms with Crippen molar-refractivity contribution in [3.63, 3.8) is 0 Å². The van der Waals surface area contributed by atoms with Gasteiger partial charge in [-0.3, -0.25) is 28.4 Å². The van der Waals surface area contributed by atoms with Crippen LogP contribution in [0.5, 0.6) is 0 Å². The second-order valence-electron chi connectivity index (χ2n) is 5.77. The largest absolute Gasteiger partial charge is 0.339 e. The molecule has 1 fully saturated rings. The van der Waals surface area contributed by atoms with Crippen LogP contribution in [0.3, 0.4) is 0 Å². The van der Waals surface area contributed by atoms with E-state index in [2.05, 4.69) is 0 Å². The van der Waals surface area contributed by atoms with Gasteiger partial charge in [0.15, 0.2) is 0 Å². The second-order valence-corrected chi connectivity index (χ2v) is 10.6. The predicted octanol–water partition coefficient (Wildman–Crippen LogP) is -1.69. The number of hydrogen-bond acceptors (Lipinski definition) is 6. The lowest BCUT2D eigenvalue weighted by Gasteiger charge is -2.25. The molecule has 0 aliphatic carbocycles. The van der Waals surface area contributed by atoms with Gasteiger partial charge in [0.2, 0.25) is 0 Å². The van der Waals surface area contributed by atoms with Crippen LogP contribution in [0.1, 0.15) is 0 Å². The van der Waals surface area contributed by atoms with E-state index in [1.807, 2.05) is 0 Å². The molecule has 24 heavy (non-hydrogen) atoms. The summed E-state index contributed by atoms with van der Waals surface area (Å²) in [6.07, 6.45) is -1.58. The average molecular weight is 411 g/mol. The fourth-order valence-corrected chi connectivity index (χ4v) is 4.80. The first-order chi connectivity index (χ1) is 10.7. The maximum absolute atomic E-state index is 11.2. The van der Waals surface area contributed by atoms with Crippen molar-refractivity contribution in [2.24, 2.45) is 0 Å². The van der Waals surface area contributed by atoms with Crippen molar-refractivity contribution in [2.75, 3.05) is 58.1 Å². The van der Waals surface area contributed by atoms with Crippen molar-refractivity contribution >= 4 is 22.8 Å². The van der Waals surface area contributed by atoms with E-state index in [0.29, 0.717) is 0 Å². The van der Waals surface area contributed by atoms with Gasteiger partial charge in [0.1, 0.15) is 18.9 Å². The minimum atomic E-state index is -4.32. The molecule has 0 saturated carbocycles. The summed E-state index contributed by atoms with van der Waals surface area (Å²) >= 11 is 0. The average Bonchev–Trinajstić information content (AvgIpc) is 2.39. The van der Waals surface area contributed by atoms with E-state index in [4.69, 9.17) is 29.4 Å². The molecule has 12 nitrogen and oxygen atoms in total. The SMILES string of the molecule is O=P(O)(O)CN1CCN(CP(=O)(O)O)CCN(CP(=O)(O)O)CC1. The fraction of sp³-hybridized carbons (Fsp3) is 1.00. The Bertz CT molecular complexity index is 456. The highest BCUT2D eigenvalue weighted by molar-refractivity contribution is 7.52. The predicted molar refractivity (Wildman–Crippen MR) is 85.5 cm³/mol. The van der Waals surface area contributed by atoms with Gasteiger partial charge >= 0.3 is 22.8 Å². The molecule has 0 aromatic rings. The van der Waals surface area contributed by atoms with Crippen LogP contribution in [0.2, 0.25) is 0 Å². The van der Waals surface area contributed by atoms with Gasteiger partial charge in [0, 0.05) is 39.3 Å². The molecule has 0 spiro atoms. The third-order valence-electron chi connectivity index (χ3n) is 3.35. The van der Waals surface area contributed by atoms with E-state index in [-0.39, 0.29) is 39.3 Å². The van der Waals surface area contributed by atoms with Crippen LogP contribution in [0.25, 0.3) is 0 Å². The molecule has 6 N–H and O–H groups in total. The molecule has 1 aliphatic rings. The molecule has 15 heteroatoms. The molecule has 0 aromatic carbocycles. The van der Waals surface area contributed by atoms with Gasteiger partial charge in [0.25, 0.3) is 0 Å². The van der Waals surface area contributed by atoms with Crippen molar-refractivity contribution in [1.29, 1.82) is 0 Å². The molecule has 0 bridgehead atoms. The Morgan fingerprint density at radius 2 is 0.667 bits per heavy atom. The van der Waals surface area contributed by atoms with E-state index in [9.17, 15) is 13.7 Å². The van der Waals surface area contributed by atoms with Gasteiger partial charge in [-0.05, 0) is 0 Å². The van der Waals surface area contributed by atoms with Crippen LogP contribution in [0, 0.1) is 0 Å². The summed E-state index contributed by atoms with van der Waals surface area (Å²) in [5, 5.41) is 0. The Labute approximate surface area is 139 Å². The Morgan fingerprint density at radius 1 is 0.500 bits per heavy atom. The molecule has 1 saturated heterocycles. The highest BCUT2D eigenvalue weighted by Crippen LogP contribution is 2.37. The van der Waals surface area contributed by atoms with Crippen molar-refractivity contribution in [1.82, 2.24) is 14.7 Å². The number of hydrogen-bond donors (Lipinski definition) is 6. The van der Waals surface area contributed by atoms with Crippen LogP contribution in [-0.4, -0.2) is 102 Å².